The van der Waals surface area contributed by atoms with Gasteiger partial charge in [-0.15, -0.1) is 0 Å². The molecule has 9 heteroatoms. The highest BCUT2D eigenvalue weighted by molar-refractivity contribution is 5.94. The number of amides is 2. The summed E-state index contributed by atoms with van der Waals surface area (Å²) < 4.78 is 15.6. The zero-order valence-corrected chi connectivity index (χ0v) is 19.1. The van der Waals surface area contributed by atoms with Crippen molar-refractivity contribution in [2.75, 3.05) is 27.2 Å². The van der Waals surface area contributed by atoms with Gasteiger partial charge < -0.3 is 29.4 Å². The van der Waals surface area contributed by atoms with Gasteiger partial charge in [-0.2, -0.15) is 0 Å². The molecule has 174 valence electrons. The molecule has 0 spiro atoms. The Labute approximate surface area is 183 Å². The summed E-state index contributed by atoms with van der Waals surface area (Å²) in [4.78, 5) is 39.6. The van der Waals surface area contributed by atoms with Crippen LogP contribution >= 0.6 is 0 Å². The van der Waals surface area contributed by atoms with E-state index in [1.54, 1.807) is 0 Å². The van der Waals surface area contributed by atoms with Crippen molar-refractivity contribution in [3.63, 3.8) is 0 Å². The van der Waals surface area contributed by atoms with Crippen LogP contribution in [-0.2, 0) is 14.3 Å². The first-order valence-corrected chi connectivity index (χ1v) is 10.8. The summed E-state index contributed by atoms with van der Waals surface area (Å²) in [5.74, 6) is 0.481. The van der Waals surface area contributed by atoms with Gasteiger partial charge in [0.15, 0.2) is 11.5 Å². The molecule has 0 saturated carbocycles. The molecule has 3 unspecified atom stereocenters. The van der Waals surface area contributed by atoms with E-state index in [2.05, 4.69) is 31.4 Å². The standard InChI is InChI=1S/C22H35N3O6/c1-14(2)15(3)6-7-17(23-22(28)31-16-9-11-29-12-16)21(27)24-20-18(26)13-30-19(20)8-10-25(4)5/h9,11-12,14-15,17,19-20H,6-8,10,13H2,1-5H3,(H,23,28)(H,24,27)/t15?,17-,19?,20?/m0/s1. The van der Waals surface area contributed by atoms with Gasteiger partial charge in [0, 0.05) is 12.6 Å². The molecule has 2 heterocycles. The van der Waals surface area contributed by atoms with Crippen LogP contribution in [0.5, 0.6) is 5.75 Å². The number of ether oxygens (including phenoxy) is 2. The zero-order valence-electron chi connectivity index (χ0n) is 19.1. The second-order valence-corrected chi connectivity index (χ2v) is 8.74. The van der Waals surface area contributed by atoms with Crippen LogP contribution in [0, 0.1) is 11.8 Å². The van der Waals surface area contributed by atoms with Crippen molar-refractivity contribution in [2.24, 2.45) is 11.8 Å². The molecule has 1 aliphatic rings. The van der Waals surface area contributed by atoms with E-state index in [-0.39, 0.29) is 24.2 Å². The molecule has 1 aromatic heterocycles. The fraction of sp³-hybridized carbons (Fsp3) is 0.682. The number of nitrogens with one attached hydrogen (secondary N) is 2. The van der Waals surface area contributed by atoms with Crippen molar-refractivity contribution in [2.45, 2.75) is 58.2 Å². The van der Waals surface area contributed by atoms with E-state index < -0.39 is 24.1 Å². The summed E-state index contributed by atoms with van der Waals surface area (Å²) in [6.45, 7) is 7.05. The van der Waals surface area contributed by atoms with Crippen LogP contribution in [-0.4, -0.2) is 68.1 Å². The van der Waals surface area contributed by atoms with Gasteiger partial charge in [0.05, 0.1) is 12.4 Å². The van der Waals surface area contributed by atoms with E-state index in [1.165, 1.54) is 18.6 Å². The smallest absolute Gasteiger partial charge is 0.413 e. The lowest BCUT2D eigenvalue weighted by Crippen LogP contribution is -2.54. The number of rotatable bonds is 11. The lowest BCUT2D eigenvalue weighted by Gasteiger charge is -2.25. The summed E-state index contributed by atoms with van der Waals surface area (Å²) in [5, 5.41) is 5.43. The molecule has 31 heavy (non-hydrogen) atoms. The second kappa shape index (κ2) is 11.9. The zero-order chi connectivity index (χ0) is 23.0. The Morgan fingerprint density at radius 3 is 2.61 bits per heavy atom. The number of Topliss-reactive ketones (excluding diaryl/α,β-unsaturated/α-hetero) is 1. The Hall–Kier alpha value is -2.39. The van der Waals surface area contributed by atoms with Gasteiger partial charge >= 0.3 is 6.09 Å². The minimum Gasteiger partial charge on any atom is -0.469 e. The normalized spacial score (nSPS) is 20.7. The fourth-order valence-electron chi connectivity index (χ4n) is 3.27. The van der Waals surface area contributed by atoms with E-state index >= 15 is 0 Å². The van der Waals surface area contributed by atoms with Crippen LogP contribution in [0.25, 0.3) is 0 Å². The Kier molecular flexibility index (Phi) is 9.51. The third kappa shape index (κ3) is 7.99. The molecule has 4 atom stereocenters. The maximum absolute atomic E-state index is 13.0. The van der Waals surface area contributed by atoms with Crippen LogP contribution in [0.3, 0.4) is 0 Å². The molecule has 1 aromatic rings. The SMILES string of the molecule is CC(C)C(C)CC[C@H](NC(=O)Oc1ccoc1)C(=O)NC1C(=O)COC1CCN(C)C. The van der Waals surface area contributed by atoms with Crippen LogP contribution in [0.4, 0.5) is 4.79 Å². The summed E-state index contributed by atoms with van der Waals surface area (Å²) in [5.41, 5.74) is 0. The van der Waals surface area contributed by atoms with Crippen LogP contribution in [0.1, 0.15) is 40.0 Å². The maximum atomic E-state index is 13.0. The highest BCUT2D eigenvalue weighted by Gasteiger charge is 2.38. The number of furan rings is 1. The molecule has 0 bridgehead atoms. The molecule has 2 amide bonds. The summed E-state index contributed by atoms with van der Waals surface area (Å²) in [6.07, 6.45) is 3.32. The van der Waals surface area contributed by atoms with E-state index in [1.807, 2.05) is 19.0 Å². The van der Waals surface area contributed by atoms with Gasteiger partial charge in [0.2, 0.25) is 5.91 Å². The van der Waals surface area contributed by atoms with E-state index in [4.69, 9.17) is 13.9 Å². The number of hydrogen-bond acceptors (Lipinski definition) is 7. The van der Waals surface area contributed by atoms with Crippen LogP contribution in [0.15, 0.2) is 23.0 Å². The molecule has 1 saturated heterocycles. The Morgan fingerprint density at radius 1 is 1.26 bits per heavy atom. The van der Waals surface area contributed by atoms with Crippen molar-refractivity contribution < 1.29 is 28.3 Å². The second-order valence-electron chi connectivity index (χ2n) is 8.74. The molecule has 2 N–H and O–H groups in total. The highest BCUT2D eigenvalue weighted by Crippen LogP contribution is 2.19. The van der Waals surface area contributed by atoms with Crippen molar-refractivity contribution >= 4 is 17.8 Å². The summed E-state index contributed by atoms with van der Waals surface area (Å²) in [7, 11) is 3.87. The average molecular weight is 438 g/mol. The summed E-state index contributed by atoms with van der Waals surface area (Å²) in [6, 6.07) is -0.0491. The highest BCUT2D eigenvalue weighted by atomic mass is 16.6. The molecule has 2 rings (SSSR count). The Bertz CT molecular complexity index is 719. The molecular formula is C22H35N3O6. The van der Waals surface area contributed by atoms with Crippen molar-refractivity contribution in [1.82, 2.24) is 15.5 Å². The molecule has 1 fully saturated rings. The number of nitrogens with zero attached hydrogens (tertiary/aromatic N) is 1. The number of carbonyl (C=O) groups excluding carboxylic acids is 3. The van der Waals surface area contributed by atoms with Gasteiger partial charge in [0.25, 0.3) is 0 Å². The summed E-state index contributed by atoms with van der Waals surface area (Å²) >= 11 is 0. The first kappa shape index (κ1) is 24.9. The number of carbonyl (C=O) groups is 3. The third-order valence-corrected chi connectivity index (χ3v) is 5.68. The fourth-order valence-corrected chi connectivity index (χ4v) is 3.27. The molecule has 9 nitrogen and oxygen atoms in total. The van der Waals surface area contributed by atoms with Crippen LogP contribution in [0.2, 0.25) is 0 Å². The Balaban J connectivity index is 2.02. The third-order valence-electron chi connectivity index (χ3n) is 5.68. The molecule has 1 aliphatic heterocycles. The lowest BCUT2D eigenvalue weighted by molar-refractivity contribution is -0.127. The molecule has 0 radical (unpaired) electrons. The topological polar surface area (TPSA) is 110 Å². The van der Waals surface area contributed by atoms with Gasteiger partial charge in [-0.25, -0.2) is 4.79 Å². The molecule has 0 aromatic carbocycles. The van der Waals surface area contributed by atoms with Gasteiger partial charge in [-0.05, 0) is 45.2 Å². The van der Waals surface area contributed by atoms with E-state index in [9.17, 15) is 14.4 Å². The number of hydrogen-bond donors (Lipinski definition) is 2. The maximum Gasteiger partial charge on any atom is 0.413 e. The minimum absolute atomic E-state index is 0.0198. The lowest BCUT2D eigenvalue weighted by atomic mass is 9.91. The van der Waals surface area contributed by atoms with Crippen molar-refractivity contribution in [1.29, 1.82) is 0 Å². The quantitative estimate of drug-likeness (QED) is 0.546. The van der Waals surface area contributed by atoms with Crippen molar-refractivity contribution in [3.8, 4) is 5.75 Å². The average Bonchev–Trinajstić information content (AvgIpc) is 3.33. The van der Waals surface area contributed by atoms with Crippen molar-refractivity contribution in [3.05, 3.63) is 18.6 Å². The number of ketones is 1. The largest absolute Gasteiger partial charge is 0.469 e. The minimum atomic E-state index is -0.830. The van der Waals surface area contributed by atoms with E-state index in [0.717, 1.165) is 13.0 Å². The van der Waals surface area contributed by atoms with Crippen LogP contribution < -0.4 is 15.4 Å². The Morgan fingerprint density at radius 2 is 2.00 bits per heavy atom. The molecule has 0 aliphatic carbocycles. The molecular weight excluding hydrogens is 402 g/mol. The van der Waals surface area contributed by atoms with Gasteiger partial charge in [-0.3, -0.25) is 9.59 Å². The predicted octanol–water partition coefficient (Wildman–Crippen LogP) is 2.21. The first-order chi connectivity index (χ1) is 14.7. The van der Waals surface area contributed by atoms with Gasteiger partial charge in [-0.1, -0.05) is 20.8 Å². The predicted molar refractivity (Wildman–Crippen MR) is 115 cm³/mol. The van der Waals surface area contributed by atoms with Gasteiger partial charge in [0.1, 0.15) is 25.0 Å². The first-order valence-electron chi connectivity index (χ1n) is 10.8. The van der Waals surface area contributed by atoms with E-state index in [0.29, 0.717) is 24.7 Å². The monoisotopic (exact) mass is 437 g/mol.